The van der Waals surface area contributed by atoms with Crippen LogP contribution in [0.15, 0.2) is 82.8 Å². The Morgan fingerprint density at radius 3 is 2.28 bits per heavy atom. The van der Waals surface area contributed by atoms with Gasteiger partial charge in [-0.25, -0.2) is 13.8 Å². The Labute approximate surface area is 197 Å². The zero-order valence-electron chi connectivity index (χ0n) is 17.4. The van der Waals surface area contributed by atoms with Crippen LogP contribution in [-0.4, -0.2) is 26.6 Å². The number of amides is 1. The number of nitrogens with zero attached hydrogens (tertiary/aromatic N) is 2. The number of sulfonamides is 1. The normalized spacial score (nSPS) is 11.8. The first-order chi connectivity index (χ1) is 15.2. The highest BCUT2D eigenvalue weighted by atomic mass is 35.5. The van der Waals surface area contributed by atoms with Crippen molar-refractivity contribution in [2.75, 3.05) is 10.8 Å². The van der Waals surface area contributed by atoms with Crippen molar-refractivity contribution in [1.82, 2.24) is 5.43 Å². The third-order valence-electron chi connectivity index (χ3n) is 4.67. The standard InChI is InChI=1S/C23H21Cl2N3O3S/c1-16-8-13-20(14-22(16)25)28(32(30,31)21-6-4-3-5-7-21)15-23(29)27-26-17(2)18-9-11-19(24)12-10-18/h3-14H,15H2,1-2H3,(H,27,29)/b26-17-. The summed E-state index contributed by atoms with van der Waals surface area (Å²) in [6.45, 7) is 3.05. The summed E-state index contributed by atoms with van der Waals surface area (Å²) in [5.74, 6) is -0.602. The van der Waals surface area contributed by atoms with Crippen LogP contribution in [0.25, 0.3) is 0 Å². The molecule has 3 rings (SSSR count). The minimum atomic E-state index is -4.02. The highest BCUT2D eigenvalue weighted by Crippen LogP contribution is 2.27. The van der Waals surface area contributed by atoms with Crippen molar-refractivity contribution in [3.8, 4) is 0 Å². The van der Waals surface area contributed by atoms with Gasteiger partial charge >= 0.3 is 0 Å². The van der Waals surface area contributed by atoms with Gasteiger partial charge in [0.2, 0.25) is 0 Å². The van der Waals surface area contributed by atoms with Crippen LogP contribution in [0, 0.1) is 6.92 Å². The van der Waals surface area contributed by atoms with Gasteiger partial charge in [0, 0.05) is 10.0 Å². The van der Waals surface area contributed by atoms with Gasteiger partial charge in [0.15, 0.2) is 0 Å². The van der Waals surface area contributed by atoms with Gasteiger partial charge in [0.1, 0.15) is 6.54 Å². The molecule has 6 nitrogen and oxygen atoms in total. The number of carbonyl (C=O) groups is 1. The molecule has 166 valence electrons. The summed E-state index contributed by atoms with van der Waals surface area (Å²) in [5.41, 5.74) is 4.81. The minimum Gasteiger partial charge on any atom is -0.271 e. The number of hydrogen-bond acceptors (Lipinski definition) is 4. The number of hydrogen-bond donors (Lipinski definition) is 1. The van der Waals surface area contributed by atoms with E-state index in [2.05, 4.69) is 10.5 Å². The van der Waals surface area contributed by atoms with Crippen LogP contribution in [0.2, 0.25) is 10.0 Å². The lowest BCUT2D eigenvalue weighted by atomic mass is 10.1. The fourth-order valence-corrected chi connectivity index (χ4v) is 4.57. The highest BCUT2D eigenvalue weighted by Gasteiger charge is 2.27. The molecule has 0 aliphatic rings. The van der Waals surface area contributed by atoms with E-state index in [1.54, 1.807) is 61.5 Å². The maximum absolute atomic E-state index is 13.3. The monoisotopic (exact) mass is 489 g/mol. The van der Waals surface area contributed by atoms with Gasteiger partial charge in [-0.2, -0.15) is 5.10 Å². The van der Waals surface area contributed by atoms with Crippen molar-refractivity contribution in [2.24, 2.45) is 5.10 Å². The van der Waals surface area contributed by atoms with E-state index in [0.717, 1.165) is 15.4 Å². The maximum atomic E-state index is 13.3. The Hall–Kier alpha value is -2.87. The third-order valence-corrected chi connectivity index (χ3v) is 7.12. The molecular formula is C23H21Cl2N3O3S. The van der Waals surface area contributed by atoms with E-state index >= 15 is 0 Å². The van der Waals surface area contributed by atoms with Gasteiger partial charge in [-0.3, -0.25) is 9.10 Å². The van der Waals surface area contributed by atoms with E-state index in [1.165, 1.54) is 18.2 Å². The zero-order valence-corrected chi connectivity index (χ0v) is 19.7. The number of hydrazone groups is 1. The average Bonchev–Trinajstić information content (AvgIpc) is 2.78. The van der Waals surface area contributed by atoms with E-state index in [4.69, 9.17) is 23.2 Å². The number of carbonyl (C=O) groups excluding carboxylic acids is 1. The van der Waals surface area contributed by atoms with Gasteiger partial charge in [-0.15, -0.1) is 0 Å². The fraction of sp³-hybridized carbons (Fsp3) is 0.130. The molecule has 0 bridgehead atoms. The second kappa shape index (κ2) is 10.2. The quantitative estimate of drug-likeness (QED) is 0.373. The molecule has 0 radical (unpaired) electrons. The number of nitrogens with one attached hydrogen (secondary N) is 1. The van der Waals surface area contributed by atoms with E-state index in [-0.39, 0.29) is 10.6 Å². The maximum Gasteiger partial charge on any atom is 0.264 e. The molecule has 9 heteroatoms. The number of aryl methyl sites for hydroxylation is 1. The summed E-state index contributed by atoms with van der Waals surface area (Å²) < 4.78 is 27.6. The summed E-state index contributed by atoms with van der Waals surface area (Å²) in [5, 5.41) is 5.07. The van der Waals surface area contributed by atoms with E-state index in [9.17, 15) is 13.2 Å². The van der Waals surface area contributed by atoms with E-state index in [1.807, 2.05) is 6.92 Å². The van der Waals surface area contributed by atoms with Crippen molar-refractivity contribution in [2.45, 2.75) is 18.7 Å². The van der Waals surface area contributed by atoms with Crippen molar-refractivity contribution in [1.29, 1.82) is 0 Å². The molecule has 3 aromatic rings. The lowest BCUT2D eigenvalue weighted by molar-refractivity contribution is -0.119. The van der Waals surface area contributed by atoms with Gasteiger partial charge in [0.25, 0.3) is 15.9 Å². The van der Waals surface area contributed by atoms with Crippen molar-refractivity contribution >= 4 is 50.5 Å². The molecule has 0 spiro atoms. The molecule has 0 aromatic heterocycles. The topological polar surface area (TPSA) is 78.8 Å². The molecular weight excluding hydrogens is 469 g/mol. The summed E-state index contributed by atoms with van der Waals surface area (Å²) in [7, 11) is -4.02. The number of anilines is 1. The first kappa shape index (κ1) is 23.8. The number of benzene rings is 3. The molecule has 0 aliphatic heterocycles. The van der Waals surface area contributed by atoms with Crippen LogP contribution in [0.1, 0.15) is 18.1 Å². The Morgan fingerprint density at radius 2 is 1.66 bits per heavy atom. The van der Waals surface area contributed by atoms with Crippen LogP contribution < -0.4 is 9.73 Å². The second-order valence-electron chi connectivity index (χ2n) is 7.00. The third kappa shape index (κ3) is 5.68. The molecule has 0 fully saturated rings. The van der Waals surface area contributed by atoms with Gasteiger partial charge in [0.05, 0.1) is 16.3 Å². The van der Waals surface area contributed by atoms with Crippen molar-refractivity contribution < 1.29 is 13.2 Å². The molecule has 0 unspecified atom stereocenters. The van der Waals surface area contributed by atoms with E-state index in [0.29, 0.717) is 15.8 Å². The number of halogens is 2. The summed E-state index contributed by atoms with van der Waals surface area (Å²) in [6, 6.07) is 19.7. The molecule has 32 heavy (non-hydrogen) atoms. The van der Waals surface area contributed by atoms with Gasteiger partial charge < -0.3 is 0 Å². The highest BCUT2D eigenvalue weighted by molar-refractivity contribution is 7.92. The van der Waals surface area contributed by atoms with Gasteiger partial charge in [-0.05, 0) is 61.4 Å². The molecule has 1 N–H and O–H groups in total. The summed E-state index contributed by atoms with van der Waals surface area (Å²) in [6.07, 6.45) is 0. The fourth-order valence-electron chi connectivity index (χ4n) is 2.84. The molecule has 1 amide bonds. The Morgan fingerprint density at radius 1 is 1.00 bits per heavy atom. The van der Waals surface area contributed by atoms with Crippen LogP contribution in [-0.2, 0) is 14.8 Å². The smallest absolute Gasteiger partial charge is 0.264 e. The van der Waals surface area contributed by atoms with Crippen LogP contribution in [0.4, 0.5) is 5.69 Å². The molecule has 0 atom stereocenters. The number of rotatable bonds is 7. The Bertz CT molecular complexity index is 1250. The minimum absolute atomic E-state index is 0.0605. The summed E-state index contributed by atoms with van der Waals surface area (Å²) in [4.78, 5) is 12.7. The van der Waals surface area contributed by atoms with Crippen LogP contribution in [0.3, 0.4) is 0 Å². The summed E-state index contributed by atoms with van der Waals surface area (Å²) >= 11 is 12.1. The predicted octanol–water partition coefficient (Wildman–Crippen LogP) is 5.04. The van der Waals surface area contributed by atoms with Crippen molar-refractivity contribution in [3.63, 3.8) is 0 Å². The van der Waals surface area contributed by atoms with Crippen LogP contribution in [0.5, 0.6) is 0 Å². The van der Waals surface area contributed by atoms with Crippen molar-refractivity contribution in [3.05, 3.63) is 94.0 Å². The zero-order chi connectivity index (χ0) is 23.3. The predicted molar refractivity (Wildman–Crippen MR) is 129 cm³/mol. The molecule has 0 saturated heterocycles. The Kier molecular flexibility index (Phi) is 7.56. The lowest BCUT2D eigenvalue weighted by Gasteiger charge is -2.24. The molecule has 0 aliphatic carbocycles. The lowest BCUT2D eigenvalue weighted by Crippen LogP contribution is -2.39. The van der Waals surface area contributed by atoms with E-state index < -0.39 is 22.5 Å². The molecule has 3 aromatic carbocycles. The Balaban J connectivity index is 1.88. The average molecular weight is 490 g/mol. The SMILES string of the molecule is C/C(=N/NC(=O)CN(c1ccc(C)c(Cl)c1)S(=O)(=O)c1ccccc1)c1ccc(Cl)cc1. The first-order valence-corrected chi connectivity index (χ1v) is 11.8. The largest absolute Gasteiger partial charge is 0.271 e. The van der Waals surface area contributed by atoms with Gasteiger partial charge in [-0.1, -0.05) is 59.6 Å². The van der Waals surface area contributed by atoms with Crippen LogP contribution >= 0.6 is 23.2 Å². The molecule has 0 heterocycles. The first-order valence-electron chi connectivity index (χ1n) is 9.61. The molecule has 0 saturated carbocycles. The second-order valence-corrected chi connectivity index (χ2v) is 9.70.